The van der Waals surface area contributed by atoms with Crippen molar-refractivity contribution in [3.05, 3.63) is 95.5 Å². The first-order chi connectivity index (χ1) is 15.5. The quantitative estimate of drug-likeness (QED) is 0.217. The molecule has 156 valence electrons. The molecule has 2 heterocycles. The van der Waals surface area contributed by atoms with Crippen LogP contribution in [0.4, 0.5) is 5.69 Å². The summed E-state index contributed by atoms with van der Waals surface area (Å²) in [6, 6.07) is 22.9. The van der Waals surface area contributed by atoms with Crippen molar-refractivity contribution >= 4 is 27.6 Å². The standard InChI is InChI=1S/C29H25N2O/c1-18(2)25-27(30-4)22(20-11-7-6-8-12-20)17-23-21-15-14-19(3)26(28(21)32-29(23)25)24-13-9-10-16-31(24)5/h6-18H,1-3,5H3/q+1. The Morgan fingerprint density at radius 1 is 0.906 bits per heavy atom. The molecule has 0 spiro atoms. The van der Waals surface area contributed by atoms with Crippen molar-refractivity contribution in [2.45, 2.75) is 26.7 Å². The second-order valence-corrected chi connectivity index (χ2v) is 8.63. The summed E-state index contributed by atoms with van der Waals surface area (Å²) in [5, 5.41) is 2.15. The average Bonchev–Trinajstić information content (AvgIpc) is 3.16. The topological polar surface area (TPSA) is 21.4 Å². The number of hydrogen-bond acceptors (Lipinski definition) is 1. The van der Waals surface area contributed by atoms with Crippen LogP contribution in [0.5, 0.6) is 0 Å². The molecule has 3 heteroatoms. The summed E-state index contributed by atoms with van der Waals surface area (Å²) in [6.45, 7) is 14.4. The number of furan rings is 1. The van der Waals surface area contributed by atoms with E-state index in [1.54, 1.807) is 0 Å². The van der Waals surface area contributed by atoms with Crippen molar-refractivity contribution in [3.63, 3.8) is 0 Å². The largest absolute Gasteiger partial charge is 0.456 e. The molecule has 0 aliphatic carbocycles. The lowest BCUT2D eigenvalue weighted by molar-refractivity contribution is -0.660. The highest BCUT2D eigenvalue weighted by molar-refractivity contribution is 6.13. The molecular formula is C29H25N2O+. The molecule has 5 aromatic rings. The molecule has 5 rings (SSSR count). The molecular weight excluding hydrogens is 392 g/mol. The van der Waals surface area contributed by atoms with Gasteiger partial charge >= 0.3 is 0 Å². The van der Waals surface area contributed by atoms with E-state index in [0.717, 1.165) is 55.4 Å². The molecule has 2 aromatic heterocycles. The number of hydrogen-bond donors (Lipinski definition) is 0. The molecule has 0 saturated carbocycles. The fraction of sp³-hybridized carbons (Fsp3) is 0.172. The van der Waals surface area contributed by atoms with Gasteiger partial charge in [-0.2, -0.15) is 0 Å². The molecule has 0 fully saturated rings. The summed E-state index contributed by atoms with van der Waals surface area (Å²) >= 11 is 0. The lowest BCUT2D eigenvalue weighted by Crippen LogP contribution is -2.30. The Morgan fingerprint density at radius 3 is 2.34 bits per heavy atom. The predicted molar refractivity (Wildman–Crippen MR) is 131 cm³/mol. The van der Waals surface area contributed by atoms with E-state index in [0.29, 0.717) is 5.69 Å². The van der Waals surface area contributed by atoms with Crippen molar-refractivity contribution in [2.24, 2.45) is 7.05 Å². The van der Waals surface area contributed by atoms with Gasteiger partial charge in [-0.25, -0.2) is 9.41 Å². The van der Waals surface area contributed by atoms with Crippen LogP contribution < -0.4 is 4.57 Å². The molecule has 0 N–H and O–H groups in total. The normalized spacial score (nSPS) is 11.4. The summed E-state index contributed by atoms with van der Waals surface area (Å²) in [5.41, 5.74) is 8.76. The van der Waals surface area contributed by atoms with Crippen molar-refractivity contribution in [3.8, 4) is 22.4 Å². The summed E-state index contributed by atoms with van der Waals surface area (Å²) < 4.78 is 8.77. The van der Waals surface area contributed by atoms with Gasteiger partial charge in [0.1, 0.15) is 18.2 Å². The Balaban J connectivity index is 1.96. The highest BCUT2D eigenvalue weighted by Crippen LogP contribution is 2.47. The van der Waals surface area contributed by atoms with Gasteiger partial charge in [-0.05, 0) is 35.6 Å². The summed E-state index contributed by atoms with van der Waals surface area (Å²) in [5.74, 6) is 0.156. The SMILES string of the molecule is [C-]#[N+]c1c(-c2ccccc2)cc2c(oc3c(-c4cccc[n+]4C)c(C)ccc32)c1C(C)C. The third-order valence-corrected chi connectivity index (χ3v) is 6.23. The Bertz CT molecular complexity index is 1520. The van der Waals surface area contributed by atoms with Gasteiger partial charge in [0.2, 0.25) is 11.4 Å². The van der Waals surface area contributed by atoms with Crippen molar-refractivity contribution in [2.75, 3.05) is 0 Å². The number of benzene rings is 3. The van der Waals surface area contributed by atoms with E-state index in [1.807, 2.05) is 24.3 Å². The van der Waals surface area contributed by atoms with Crippen LogP contribution in [0.2, 0.25) is 0 Å². The zero-order valence-corrected chi connectivity index (χ0v) is 18.8. The average molecular weight is 418 g/mol. The van der Waals surface area contributed by atoms with Crippen LogP contribution >= 0.6 is 0 Å². The number of aryl methyl sites for hydroxylation is 2. The first-order valence-corrected chi connectivity index (χ1v) is 10.9. The van der Waals surface area contributed by atoms with Crippen molar-refractivity contribution < 1.29 is 8.98 Å². The summed E-state index contributed by atoms with van der Waals surface area (Å²) in [7, 11) is 2.06. The fourth-order valence-electron chi connectivity index (χ4n) is 4.68. The number of rotatable bonds is 3. The zero-order valence-electron chi connectivity index (χ0n) is 18.8. The summed E-state index contributed by atoms with van der Waals surface area (Å²) in [4.78, 5) is 3.99. The maximum atomic E-state index is 8.00. The molecule has 32 heavy (non-hydrogen) atoms. The Hall–Kier alpha value is -3.90. The Labute approximate surface area is 188 Å². The van der Waals surface area contributed by atoms with E-state index in [1.165, 1.54) is 0 Å². The van der Waals surface area contributed by atoms with E-state index in [-0.39, 0.29) is 5.92 Å². The highest BCUT2D eigenvalue weighted by Gasteiger charge is 2.25. The van der Waals surface area contributed by atoms with Crippen molar-refractivity contribution in [1.82, 2.24) is 0 Å². The highest BCUT2D eigenvalue weighted by atomic mass is 16.3. The Morgan fingerprint density at radius 2 is 1.66 bits per heavy atom. The second kappa shape index (κ2) is 7.66. The van der Waals surface area contributed by atoms with Crippen molar-refractivity contribution in [1.29, 1.82) is 0 Å². The van der Waals surface area contributed by atoms with Gasteiger partial charge in [0.05, 0.1) is 12.1 Å². The van der Waals surface area contributed by atoms with Gasteiger partial charge in [-0.3, -0.25) is 0 Å². The predicted octanol–water partition coefficient (Wildman–Crippen LogP) is 7.73. The molecule has 0 amide bonds. The van der Waals surface area contributed by atoms with Crippen LogP contribution in [0.1, 0.15) is 30.9 Å². The molecule has 0 bridgehead atoms. The maximum absolute atomic E-state index is 8.00. The minimum atomic E-state index is 0.156. The fourth-order valence-corrected chi connectivity index (χ4v) is 4.68. The first-order valence-electron chi connectivity index (χ1n) is 10.9. The van der Waals surface area contributed by atoms with Gasteiger partial charge in [0.25, 0.3) is 0 Å². The van der Waals surface area contributed by atoms with Crippen LogP contribution in [0.15, 0.2) is 77.3 Å². The van der Waals surface area contributed by atoms with Gasteiger partial charge < -0.3 is 4.42 Å². The van der Waals surface area contributed by atoms with E-state index >= 15 is 0 Å². The van der Waals surface area contributed by atoms with Gasteiger partial charge in [0.15, 0.2) is 6.20 Å². The van der Waals surface area contributed by atoms with E-state index < -0.39 is 0 Å². The smallest absolute Gasteiger partial charge is 0.216 e. The zero-order chi connectivity index (χ0) is 22.4. The van der Waals surface area contributed by atoms with Crippen LogP contribution in [0.25, 0.3) is 49.2 Å². The second-order valence-electron chi connectivity index (χ2n) is 8.63. The van der Waals surface area contributed by atoms with Crippen LogP contribution in [-0.4, -0.2) is 0 Å². The molecule has 3 aromatic carbocycles. The number of nitrogens with zero attached hydrogens (tertiary/aromatic N) is 2. The lowest BCUT2D eigenvalue weighted by atomic mass is 9.91. The summed E-state index contributed by atoms with van der Waals surface area (Å²) in [6.07, 6.45) is 2.06. The number of aromatic nitrogens is 1. The molecule has 0 saturated heterocycles. The monoisotopic (exact) mass is 417 g/mol. The van der Waals surface area contributed by atoms with E-state index in [2.05, 4.69) is 85.9 Å². The number of pyridine rings is 1. The minimum absolute atomic E-state index is 0.156. The molecule has 0 atom stereocenters. The third kappa shape index (κ3) is 2.99. The van der Waals surface area contributed by atoms with Crippen LogP contribution in [0.3, 0.4) is 0 Å². The van der Waals surface area contributed by atoms with Gasteiger partial charge in [-0.1, -0.05) is 62.4 Å². The van der Waals surface area contributed by atoms with Crippen LogP contribution in [0, 0.1) is 13.5 Å². The molecule has 0 aliphatic heterocycles. The lowest BCUT2D eigenvalue weighted by Gasteiger charge is -2.13. The minimum Gasteiger partial charge on any atom is -0.456 e. The van der Waals surface area contributed by atoms with E-state index in [9.17, 15) is 0 Å². The molecule has 0 aliphatic rings. The Kier molecular flexibility index (Phi) is 4.79. The maximum Gasteiger partial charge on any atom is 0.216 e. The molecule has 3 nitrogen and oxygen atoms in total. The van der Waals surface area contributed by atoms with Gasteiger partial charge in [-0.15, -0.1) is 0 Å². The first kappa shape index (κ1) is 20.0. The third-order valence-electron chi connectivity index (χ3n) is 6.23. The van der Waals surface area contributed by atoms with Crippen LogP contribution in [-0.2, 0) is 7.05 Å². The number of fused-ring (bicyclic) bond motifs is 3. The molecule has 0 radical (unpaired) electrons. The van der Waals surface area contributed by atoms with E-state index in [4.69, 9.17) is 11.0 Å². The van der Waals surface area contributed by atoms with Gasteiger partial charge in [0, 0.05) is 28.5 Å². The molecule has 0 unspecified atom stereocenters.